The van der Waals surface area contributed by atoms with Crippen molar-refractivity contribution in [2.24, 2.45) is 0 Å². The second kappa shape index (κ2) is 8.08. The minimum atomic E-state index is -0.266. The zero-order valence-corrected chi connectivity index (χ0v) is 16.1. The summed E-state index contributed by atoms with van der Waals surface area (Å²) in [5.74, 6) is -0.414. The summed E-state index contributed by atoms with van der Waals surface area (Å²) in [6.07, 6.45) is 3.06. The molecule has 0 aliphatic carbocycles. The zero-order chi connectivity index (χ0) is 20.3. The van der Waals surface area contributed by atoms with Crippen molar-refractivity contribution in [3.63, 3.8) is 0 Å². The quantitative estimate of drug-likeness (QED) is 0.718. The summed E-state index contributed by atoms with van der Waals surface area (Å²) in [6.45, 7) is 3.61. The van der Waals surface area contributed by atoms with Crippen LogP contribution in [0, 0.1) is 12.7 Å². The highest BCUT2D eigenvalue weighted by molar-refractivity contribution is 5.94. The Morgan fingerprint density at radius 3 is 2.62 bits per heavy atom. The van der Waals surface area contributed by atoms with E-state index in [4.69, 9.17) is 4.74 Å². The molecule has 0 unspecified atom stereocenters. The summed E-state index contributed by atoms with van der Waals surface area (Å²) >= 11 is 0. The topological polar surface area (TPSA) is 81.9 Å². The molecule has 7 nitrogen and oxygen atoms in total. The molecule has 0 atom stereocenters. The molecule has 0 bridgehead atoms. The van der Waals surface area contributed by atoms with Crippen molar-refractivity contribution in [1.82, 2.24) is 25.5 Å². The van der Waals surface area contributed by atoms with Gasteiger partial charge in [0, 0.05) is 30.7 Å². The first-order chi connectivity index (χ1) is 14.1. The van der Waals surface area contributed by atoms with Gasteiger partial charge in [-0.15, -0.1) is 5.10 Å². The van der Waals surface area contributed by atoms with Crippen LogP contribution >= 0.6 is 0 Å². The van der Waals surface area contributed by atoms with E-state index >= 15 is 0 Å². The third-order valence-corrected chi connectivity index (χ3v) is 5.55. The Kier molecular flexibility index (Phi) is 5.35. The molecule has 2 aromatic carbocycles. The van der Waals surface area contributed by atoms with Crippen LogP contribution < -0.4 is 5.32 Å². The van der Waals surface area contributed by atoms with Crippen molar-refractivity contribution in [1.29, 1.82) is 0 Å². The first kappa shape index (κ1) is 19.2. The number of aromatic nitrogens is 4. The number of carbonyl (C=O) groups excluding carboxylic acids is 1. The van der Waals surface area contributed by atoms with E-state index in [9.17, 15) is 9.18 Å². The van der Waals surface area contributed by atoms with Crippen LogP contribution in [0.15, 0.2) is 48.8 Å². The normalized spacial score (nSPS) is 15.8. The van der Waals surface area contributed by atoms with Crippen LogP contribution in [-0.4, -0.2) is 45.9 Å². The summed E-state index contributed by atoms with van der Waals surface area (Å²) in [6, 6.07) is 11.9. The van der Waals surface area contributed by atoms with Gasteiger partial charge in [0.15, 0.2) is 0 Å². The lowest BCUT2D eigenvalue weighted by atomic mass is 9.74. The minimum Gasteiger partial charge on any atom is -0.381 e. The van der Waals surface area contributed by atoms with Gasteiger partial charge in [0.05, 0.1) is 5.69 Å². The molecule has 3 aromatic rings. The Hall–Kier alpha value is -3.13. The average Bonchev–Trinajstić information content (AvgIpc) is 3.27. The molecule has 4 rings (SSSR count). The number of hydrogen-bond donors (Lipinski definition) is 1. The summed E-state index contributed by atoms with van der Waals surface area (Å²) in [5.41, 5.74) is 3.04. The number of ether oxygens (including phenoxy) is 1. The number of aryl methyl sites for hydroxylation is 1. The number of carbonyl (C=O) groups is 1. The first-order valence-electron chi connectivity index (χ1n) is 9.53. The molecule has 1 amide bonds. The van der Waals surface area contributed by atoms with Gasteiger partial charge < -0.3 is 10.1 Å². The van der Waals surface area contributed by atoms with Crippen molar-refractivity contribution >= 4 is 5.91 Å². The fourth-order valence-corrected chi connectivity index (χ4v) is 3.81. The van der Waals surface area contributed by atoms with Gasteiger partial charge in [0.25, 0.3) is 5.91 Å². The van der Waals surface area contributed by atoms with Crippen molar-refractivity contribution < 1.29 is 13.9 Å². The maximum Gasteiger partial charge on any atom is 0.251 e. The molecule has 0 spiro atoms. The Labute approximate surface area is 167 Å². The van der Waals surface area contributed by atoms with Gasteiger partial charge in [-0.25, -0.2) is 9.07 Å². The third kappa shape index (κ3) is 4.02. The second-order valence-corrected chi connectivity index (χ2v) is 7.34. The van der Waals surface area contributed by atoms with E-state index < -0.39 is 0 Å². The van der Waals surface area contributed by atoms with E-state index in [0.29, 0.717) is 25.3 Å². The molecule has 8 heteroatoms. The Morgan fingerprint density at radius 2 is 1.97 bits per heavy atom. The first-order valence-corrected chi connectivity index (χ1v) is 9.53. The molecule has 0 saturated carbocycles. The number of benzene rings is 2. The summed E-state index contributed by atoms with van der Waals surface area (Å²) in [7, 11) is 0. The van der Waals surface area contributed by atoms with Crippen LogP contribution in [0.1, 0.15) is 34.3 Å². The fourth-order valence-electron chi connectivity index (χ4n) is 3.81. The molecule has 1 saturated heterocycles. The molecule has 0 radical (unpaired) electrons. The number of nitrogens with zero attached hydrogens (tertiary/aromatic N) is 4. The number of tetrazole rings is 1. The van der Waals surface area contributed by atoms with Crippen LogP contribution in [0.4, 0.5) is 4.39 Å². The van der Waals surface area contributed by atoms with Gasteiger partial charge in [-0.2, -0.15) is 0 Å². The lowest BCUT2D eigenvalue weighted by Gasteiger charge is -2.38. The maximum absolute atomic E-state index is 13.4. The van der Waals surface area contributed by atoms with Crippen LogP contribution in [0.25, 0.3) is 5.69 Å². The summed E-state index contributed by atoms with van der Waals surface area (Å²) in [5, 5.41) is 14.2. The van der Waals surface area contributed by atoms with E-state index in [1.807, 2.05) is 19.1 Å². The third-order valence-electron chi connectivity index (χ3n) is 5.55. The lowest BCUT2D eigenvalue weighted by Crippen LogP contribution is -2.44. The Bertz CT molecular complexity index is 983. The van der Waals surface area contributed by atoms with Crippen LogP contribution in [0.3, 0.4) is 0 Å². The van der Waals surface area contributed by atoms with Crippen LogP contribution in [0.5, 0.6) is 0 Å². The zero-order valence-electron chi connectivity index (χ0n) is 16.1. The number of halogens is 1. The number of amides is 1. The number of nitrogens with one attached hydrogen (secondary N) is 1. The van der Waals surface area contributed by atoms with E-state index in [1.165, 1.54) is 18.5 Å². The Balaban J connectivity index is 1.51. The monoisotopic (exact) mass is 395 g/mol. The molecule has 1 aromatic heterocycles. The van der Waals surface area contributed by atoms with E-state index in [2.05, 4.69) is 20.8 Å². The van der Waals surface area contributed by atoms with Gasteiger partial charge in [-0.05, 0) is 71.7 Å². The predicted octanol–water partition coefficient (Wildman–Crippen LogP) is 2.59. The van der Waals surface area contributed by atoms with Crippen molar-refractivity contribution in [3.05, 3.63) is 71.3 Å². The van der Waals surface area contributed by atoms with Gasteiger partial charge in [0.1, 0.15) is 12.1 Å². The second-order valence-electron chi connectivity index (χ2n) is 7.34. The highest BCUT2D eigenvalue weighted by Crippen LogP contribution is 2.34. The van der Waals surface area contributed by atoms with Gasteiger partial charge in [-0.3, -0.25) is 4.79 Å². The predicted molar refractivity (Wildman–Crippen MR) is 104 cm³/mol. The largest absolute Gasteiger partial charge is 0.381 e. The molecule has 1 N–H and O–H groups in total. The van der Waals surface area contributed by atoms with Crippen LogP contribution in [0.2, 0.25) is 0 Å². The van der Waals surface area contributed by atoms with Crippen molar-refractivity contribution in [2.45, 2.75) is 25.2 Å². The summed E-state index contributed by atoms with van der Waals surface area (Å²) < 4.78 is 20.5. The number of hydrogen-bond acceptors (Lipinski definition) is 5. The highest BCUT2D eigenvalue weighted by atomic mass is 19.1. The average molecular weight is 395 g/mol. The molecule has 1 fully saturated rings. The SMILES string of the molecule is Cc1cc(C(=O)NCC2(c3ccc(F)cc3)CCOCC2)ccc1-n1cnnn1. The summed E-state index contributed by atoms with van der Waals surface area (Å²) in [4.78, 5) is 12.8. The van der Waals surface area contributed by atoms with Crippen LogP contribution in [-0.2, 0) is 10.2 Å². The molecule has 1 aliphatic heterocycles. The molecule has 150 valence electrons. The van der Waals surface area contributed by atoms with Crippen molar-refractivity contribution in [3.8, 4) is 5.69 Å². The molecular formula is C21H22FN5O2. The highest BCUT2D eigenvalue weighted by Gasteiger charge is 2.35. The van der Waals surface area contributed by atoms with Gasteiger partial charge in [0.2, 0.25) is 0 Å². The standard InChI is InChI=1S/C21H22FN5O2/c1-15-12-16(2-7-19(15)27-14-24-25-26-27)20(28)23-13-21(8-10-29-11-9-21)17-3-5-18(22)6-4-17/h2-7,12,14H,8-11,13H2,1H3,(H,23,28). The van der Waals surface area contributed by atoms with Crippen molar-refractivity contribution in [2.75, 3.05) is 19.8 Å². The Morgan fingerprint density at radius 1 is 1.21 bits per heavy atom. The molecule has 29 heavy (non-hydrogen) atoms. The smallest absolute Gasteiger partial charge is 0.251 e. The maximum atomic E-state index is 13.4. The van der Waals surface area contributed by atoms with Gasteiger partial charge in [-0.1, -0.05) is 12.1 Å². The van der Waals surface area contributed by atoms with E-state index in [1.54, 1.807) is 22.9 Å². The molecule has 2 heterocycles. The number of rotatable bonds is 5. The molecule has 1 aliphatic rings. The fraction of sp³-hybridized carbons (Fsp3) is 0.333. The minimum absolute atomic E-state index is 0.149. The molecular weight excluding hydrogens is 373 g/mol. The van der Waals surface area contributed by atoms with E-state index in [0.717, 1.165) is 29.7 Å². The van der Waals surface area contributed by atoms with E-state index in [-0.39, 0.29) is 17.1 Å². The lowest BCUT2D eigenvalue weighted by molar-refractivity contribution is 0.0487. The van der Waals surface area contributed by atoms with Gasteiger partial charge >= 0.3 is 0 Å².